The van der Waals surface area contributed by atoms with Crippen LogP contribution in [0.15, 0.2) is 12.1 Å². The third-order valence-corrected chi connectivity index (χ3v) is 3.12. The second-order valence-corrected chi connectivity index (χ2v) is 4.41. The van der Waals surface area contributed by atoms with Crippen LogP contribution in [-0.2, 0) is 0 Å². The molecule has 0 unspecified atom stereocenters. The number of benzene rings is 1. The maximum atomic E-state index is 12.0. The lowest BCUT2D eigenvalue weighted by atomic mass is 9.93. The van der Waals surface area contributed by atoms with Gasteiger partial charge in [-0.05, 0) is 37.5 Å². The largest absolute Gasteiger partial charge is 0.478 e. The number of carboxylic acids is 2. The summed E-state index contributed by atoms with van der Waals surface area (Å²) in [7, 11) is 0. The van der Waals surface area contributed by atoms with Gasteiger partial charge in [0, 0.05) is 11.5 Å². The number of carbonyl (C=O) groups is 3. The molecule has 1 aromatic carbocycles. The van der Waals surface area contributed by atoms with Crippen molar-refractivity contribution in [3.05, 3.63) is 34.4 Å². The number of carboxylic acid groups (broad SMARTS) is 2. The fourth-order valence-electron chi connectivity index (χ4n) is 1.99. The normalized spacial score (nSPS) is 14.3. The first-order valence-electron chi connectivity index (χ1n) is 5.58. The summed E-state index contributed by atoms with van der Waals surface area (Å²) in [5, 5.41) is 18.1. The molecule has 0 heterocycles. The molecule has 2 N–H and O–H groups in total. The highest BCUT2D eigenvalue weighted by Gasteiger charge is 2.33. The van der Waals surface area contributed by atoms with Crippen molar-refractivity contribution in [2.24, 2.45) is 5.92 Å². The highest BCUT2D eigenvalue weighted by atomic mass is 16.4. The molecule has 1 fully saturated rings. The van der Waals surface area contributed by atoms with Gasteiger partial charge in [0.15, 0.2) is 5.78 Å². The molecule has 1 saturated carbocycles. The van der Waals surface area contributed by atoms with Crippen molar-refractivity contribution >= 4 is 17.7 Å². The minimum Gasteiger partial charge on any atom is -0.478 e. The van der Waals surface area contributed by atoms with Crippen LogP contribution in [0.3, 0.4) is 0 Å². The summed E-state index contributed by atoms with van der Waals surface area (Å²) in [4.78, 5) is 34.1. The van der Waals surface area contributed by atoms with Crippen molar-refractivity contribution in [2.45, 2.75) is 19.8 Å². The first kappa shape index (κ1) is 12.3. The maximum Gasteiger partial charge on any atom is 0.336 e. The van der Waals surface area contributed by atoms with E-state index in [4.69, 9.17) is 10.2 Å². The van der Waals surface area contributed by atoms with E-state index in [0.29, 0.717) is 0 Å². The molecule has 0 bridgehead atoms. The summed E-state index contributed by atoms with van der Waals surface area (Å²) < 4.78 is 0. The van der Waals surface area contributed by atoms with Crippen LogP contribution in [0.4, 0.5) is 0 Å². The minimum atomic E-state index is -1.26. The van der Waals surface area contributed by atoms with Gasteiger partial charge in [-0.2, -0.15) is 0 Å². The van der Waals surface area contributed by atoms with Gasteiger partial charge in [-0.15, -0.1) is 0 Å². The first-order chi connectivity index (χ1) is 8.43. The fourth-order valence-corrected chi connectivity index (χ4v) is 1.99. The zero-order valence-corrected chi connectivity index (χ0v) is 9.77. The smallest absolute Gasteiger partial charge is 0.336 e. The lowest BCUT2D eigenvalue weighted by Gasteiger charge is -2.10. The Morgan fingerprint density at radius 1 is 1.06 bits per heavy atom. The van der Waals surface area contributed by atoms with Gasteiger partial charge in [0.05, 0.1) is 11.1 Å². The topological polar surface area (TPSA) is 91.7 Å². The summed E-state index contributed by atoms with van der Waals surface area (Å²) >= 11 is 0. The average Bonchev–Trinajstić information content (AvgIpc) is 3.10. The number of hydrogen-bond acceptors (Lipinski definition) is 3. The van der Waals surface area contributed by atoms with Crippen LogP contribution in [0.2, 0.25) is 0 Å². The van der Waals surface area contributed by atoms with E-state index in [1.54, 1.807) is 0 Å². The molecule has 0 amide bonds. The number of aromatic carboxylic acids is 2. The van der Waals surface area contributed by atoms with Crippen molar-refractivity contribution < 1.29 is 24.6 Å². The number of hydrogen-bond donors (Lipinski definition) is 2. The van der Waals surface area contributed by atoms with E-state index >= 15 is 0 Å². The molecule has 94 valence electrons. The van der Waals surface area contributed by atoms with Crippen LogP contribution in [0, 0.1) is 12.8 Å². The third-order valence-electron chi connectivity index (χ3n) is 3.12. The van der Waals surface area contributed by atoms with Crippen molar-refractivity contribution in [3.8, 4) is 0 Å². The van der Waals surface area contributed by atoms with Gasteiger partial charge < -0.3 is 10.2 Å². The van der Waals surface area contributed by atoms with Gasteiger partial charge >= 0.3 is 11.9 Å². The molecule has 5 nitrogen and oxygen atoms in total. The highest BCUT2D eigenvalue weighted by molar-refractivity contribution is 6.10. The summed E-state index contributed by atoms with van der Waals surface area (Å²) in [5.74, 6) is -2.76. The fraction of sp³-hybridized carbons (Fsp3) is 0.308. The standard InChI is InChI=1S/C13H12O5/c1-6-8(12(15)16)4-5-9(10(6)13(17)18)11(14)7-2-3-7/h4-5,7H,2-3H2,1H3,(H,15,16)(H,17,18). The molecule has 0 aliphatic heterocycles. The van der Waals surface area contributed by atoms with Gasteiger partial charge in [-0.3, -0.25) is 4.79 Å². The molecule has 1 aliphatic carbocycles. The van der Waals surface area contributed by atoms with Crippen molar-refractivity contribution in [1.82, 2.24) is 0 Å². The molecule has 1 aromatic rings. The maximum absolute atomic E-state index is 12.0. The number of Topliss-reactive ketones (excluding diaryl/α,β-unsaturated/α-hetero) is 1. The summed E-state index contributed by atoms with van der Waals surface area (Å²) in [6, 6.07) is 2.60. The van der Waals surface area contributed by atoms with Crippen LogP contribution in [0.5, 0.6) is 0 Å². The van der Waals surface area contributed by atoms with Gasteiger partial charge in [-0.1, -0.05) is 0 Å². The predicted molar refractivity (Wildman–Crippen MR) is 62.2 cm³/mol. The Labute approximate surface area is 103 Å². The van der Waals surface area contributed by atoms with Crippen LogP contribution in [0.1, 0.15) is 49.5 Å². The lowest BCUT2D eigenvalue weighted by molar-refractivity contribution is 0.0690. The number of rotatable bonds is 4. The van der Waals surface area contributed by atoms with Crippen molar-refractivity contribution in [3.63, 3.8) is 0 Å². The molecule has 18 heavy (non-hydrogen) atoms. The highest BCUT2D eigenvalue weighted by Crippen LogP contribution is 2.34. The van der Waals surface area contributed by atoms with Crippen LogP contribution < -0.4 is 0 Å². The summed E-state index contributed by atoms with van der Waals surface area (Å²) in [6.45, 7) is 1.41. The monoisotopic (exact) mass is 248 g/mol. The Kier molecular flexibility index (Phi) is 2.90. The molecule has 1 aliphatic rings. The van der Waals surface area contributed by atoms with Gasteiger partial charge in [0.2, 0.25) is 0 Å². The first-order valence-corrected chi connectivity index (χ1v) is 5.58. The molecule has 5 heteroatoms. The van der Waals surface area contributed by atoms with E-state index in [1.165, 1.54) is 19.1 Å². The predicted octanol–water partition coefficient (Wildman–Crippen LogP) is 1.98. The zero-order valence-electron chi connectivity index (χ0n) is 9.77. The Morgan fingerprint density at radius 3 is 2.06 bits per heavy atom. The second kappa shape index (κ2) is 4.25. The second-order valence-electron chi connectivity index (χ2n) is 4.41. The van der Waals surface area contributed by atoms with E-state index in [9.17, 15) is 14.4 Å². The van der Waals surface area contributed by atoms with E-state index in [2.05, 4.69) is 0 Å². The number of carbonyl (C=O) groups excluding carboxylic acids is 1. The third kappa shape index (κ3) is 1.99. The van der Waals surface area contributed by atoms with Gasteiger partial charge in [0.25, 0.3) is 0 Å². The average molecular weight is 248 g/mol. The quantitative estimate of drug-likeness (QED) is 0.795. The molecule has 0 aromatic heterocycles. The van der Waals surface area contributed by atoms with E-state index in [-0.39, 0.29) is 34.0 Å². The van der Waals surface area contributed by atoms with E-state index in [1.807, 2.05) is 0 Å². The Bertz CT molecular complexity index is 555. The van der Waals surface area contributed by atoms with E-state index in [0.717, 1.165) is 12.8 Å². The molecule has 0 saturated heterocycles. The Balaban J connectivity index is 2.60. The molecule has 0 spiro atoms. The van der Waals surface area contributed by atoms with Crippen LogP contribution in [-0.4, -0.2) is 27.9 Å². The minimum absolute atomic E-state index is 0.0836. The van der Waals surface area contributed by atoms with Crippen LogP contribution in [0.25, 0.3) is 0 Å². The molecular weight excluding hydrogens is 236 g/mol. The Hall–Kier alpha value is -2.17. The summed E-state index contributed by atoms with van der Waals surface area (Å²) in [6.07, 6.45) is 1.55. The van der Waals surface area contributed by atoms with E-state index < -0.39 is 11.9 Å². The summed E-state index contributed by atoms with van der Waals surface area (Å²) in [5.41, 5.74) is -0.0273. The van der Waals surface area contributed by atoms with Crippen molar-refractivity contribution in [1.29, 1.82) is 0 Å². The van der Waals surface area contributed by atoms with Crippen molar-refractivity contribution in [2.75, 3.05) is 0 Å². The molecule has 0 radical (unpaired) electrons. The molecule has 2 rings (SSSR count). The Morgan fingerprint density at radius 2 is 1.61 bits per heavy atom. The molecular formula is C13H12O5. The lowest BCUT2D eigenvalue weighted by Crippen LogP contribution is -2.15. The zero-order chi connectivity index (χ0) is 13.4. The van der Waals surface area contributed by atoms with Crippen LogP contribution >= 0.6 is 0 Å². The SMILES string of the molecule is Cc1c(C(=O)O)ccc(C(=O)C2CC2)c1C(=O)O. The number of ketones is 1. The van der Waals surface area contributed by atoms with Gasteiger partial charge in [0.1, 0.15) is 0 Å². The molecule has 0 atom stereocenters. The van der Waals surface area contributed by atoms with Gasteiger partial charge in [-0.25, -0.2) is 9.59 Å².